The fourth-order valence-corrected chi connectivity index (χ4v) is 7.39. The Labute approximate surface area is 260 Å². The van der Waals surface area contributed by atoms with Crippen molar-refractivity contribution in [3.8, 4) is 0 Å². The van der Waals surface area contributed by atoms with Gasteiger partial charge in [-0.2, -0.15) is 0 Å². The summed E-state index contributed by atoms with van der Waals surface area (Å²) in [6.07, 6.45) is 2.26. The average molecular weight is 648 g/mol. The molecule has 42 heavy (non-hydrogen) atoms. The van der Waals surface area contributed by atoms with Gasteiger partial charge in [-0.15, -0.1) is 11.8 Å². The number of aliphatic carboxylic acids is 1. The first-order chi connectivity index (χ1) is 19.7. The fourth-order valence-electron chi connectivity index (χ4n) is 3.80. The van der Waals surface area contributed by atoms with E-state index < -0.39 is 64.9 Å². The molecule has 0 aromatic rings. The highest BCUT2D eigenvalue weighted by Crippen LogP contribution is 2.24. The van der Waals surface area contributed by atoms with E-state index in [0.717, 1.165) is 23.9 Å². The number of rotatable bonds is 8. The van der Waals surface area contributed by atoms with Crippen LogP contribution in [0, 0.1) is 11.8 Å². The molecular formula is C27H45N5O7S3. The molecule has 5 atom stereocenters. The molecule has 12 nitrogen and oxygen atoms in total. The number of carboxylic acid groups (broad SMARTS) is 1. The topological polar surface area (TPSA) is 183 Å². The van der Waals surface area contributed by atoms with Gasteiger partial charge in [-0.3, -0.25) is 28.8 Å². The van der Waals surface area contributed by atoms with Crippen LogP contribution in [0.3, 0.4) is 0 Å². The van der Waals surface area contributed by atoms with E-state index in [1.807, 2.05) is 6.92 Å². The molecule has 0 aliphatic carbocycles. The Kier molecular flexibility index (Phi) is 17.0. The summed E-state index contributed by atoms with van der Waals surface area (Å²) in [7, 11) is 2.94. The van der Waals surface area contributed by atoms with Crippen LogP contribution < -0.4 is 26.6 Å². The Morgan fingerprint density at radius 3 is 2.19 bits per heavy atom. The molecule has 6 N–H and O–H groups in total. The number of carbonyl (C=O) groups is 6. The highest BCUT2D eigenvalue weighted by atomic mass is 33.1. The van der Waals surface area contributed by atoms with Gasteiger partial charge in [-0.25, -0.2) is 0 Å². The van der Waals surface area contributed by atoms with E-state index in [9.17, 15) is 33.9 Å². The van der Waals surface area contributed by atoms with Gasteiger partial charge in [0.15, 0.2) is 0 Å². The van der Waals surface area contributed by atoms with E-state index in [2.05, 4.69) is 26.6 Å². The van der Waals surface area contributed by atoms with Gasteiger partial charge in [0.25, 0.3) is 5.91 Å². The first kappa shape index (κ1) is 37.6. The number of hydrogen-bond acceptors (Lipinski definition) is 9. The maximum atomic E-state index is 13.4. The van der Waals surface area contributed by atoms with Crippen LogP contribution in [0.25, 0.3) is 0 Å². The minimum Gasteiger partial charge on any atom is -0.480 e. The number of thioether (sulfide) groups is 1. The highest BCUT2D eigenvalue weighted by Gasteiger charge is 2.35. The SMILES string of the molecule is C/C=C1\NC(=O)[C@H](CSSCCC)NC(=O)[C@@H](C(C)C)NC(=O)[C@H](C)NC(=O)CCSC(C(=O)O)[C@H](C(C)C)NC1=O. The summed E-state index contributed by atoms with van der Waals surface area (Å²) in [6, 6.07) is -3.83. The second kappa shape index (κ2) is 19.0. The van der Waals surface area contributed by atoms with E-state index in [-0.39, 0.29) is 35.5 Å². The molecule has 0 radical (unpaired) electrons. The number of carbonyl (C=O) groups excluding carboxylic acids is 5. The van der Waals surface area contributed by atoms with Gasteiger partial charge in [0.05, 0.1) is 6.04 Å². The minimum absolute atomic E-state index is 0.0650. The van der Waals surface area contributed by atoms with E-state index in [1.165, 1.54) is 23.8 Å². The van der Waals surface area contributed by atoms with Crippen molar-refractivity contribution in [2.45, 2.75) is 90.7 Å². The van der Waals surface area contributed by atoms with Crippen LogP contribution in [0.4, 0.5) is 0 Å². The van der Waals surface area contributed by atoms with Crippen LogP contribution in [0.5, 0.6) is 0 Å². The number of carboxylic acids is 1. The van der Waals surface area contributed by atoms with Crippen molar-refractivity contribution in [3.63, 3.8) is 0 Å². The highest BCUT2D eigenvalue weighted by molar-refractivity contribution is 8.76. The summed E-state index contributed by atoms with van der Waals surface area (Å²) < 4.78 is 0. The number of hydrogen-bond donors (Lipinski definition) is 6. The molecule has 15 heteroatoms. The molecule has 1 heterocycles. The Balaban J connectivity index is 3.44. The van der Waals surface area contributed by atoms with E-state index in [1.54, 1.807) is 45.4 Å². The second-order valence-corrected chi connectivity index (χ2v) is 14.4. The monoisotopic (exact) mass is 647 g/mol. The summed E-state index contributed by atoms with van der Waals surface area (Å²) in [5.41, 5.74) is -0.0925. The van der Waals surface area contributed by atoms with Crippen molar-refractivity contribution in [2.24, 2.45) is 11.8 Å². The largest absolute Gasteiger partial charge is 0.480 e. The molecule has 1 fully saturated rings. The van der Waals surface area contributed by atoms with Crippen molar-refractivity contribution in [2.75, 3.05) is 17.3 Å². The number of nitrogens with one attached hydrogen (secondary N) is 5. The Morgan fingerprint density at radius 2 is 1.64 bits per heavy atom. The number of allylic oxidation sites excluding steroid dienone is 1. The molecule has 0 bridgehead atoms. The van der Waals surface area contributed by atoms with Gasteiger partial charge in [-0.1, -0.05) is 62.3 Å². The standard InChI is InChI=1S/C27H45N5O7S3/c1-8-11-41-42-13-18-25(36)29-17(9-2)24(35)31-20(14(3)4)22(27(38)39)40-12-10-19(33)28-16(7)23(34)32-21(15(5)6)26(37)30-18/h9,14-16,18,20-22H,8,10-13H2,1-7H3,(H,28,33)(H,29,36)(H,30,37)(H,31,35)(H,32,34)(H,38,39)/b17-9-/t16-,18-,20-,21+,22?/m0/s1. The van der Waals surface area contributed by atoms with Crippen LogP contribution in [0.1, 0.15) is 61.3 Å². The average Bonchev–Trinajstić information content (AvgIpc) is 2.91. The summed E-state index contributed by atoms with van der Waals surface area (Å²) in [5.74, 6) is -3.57. The molecule has 1 unspecified atom stereocenters. The fraction of sp³-hybridized carbons (Fsp3) is 0.704. The molecule has 1 rings (SSSR count). The Hall–Kier alpha value is -2.39. The van der Waals surface area contributed by atoms with Crippen molar-refractivity contribution in [1.29, 1.82) is 0 Å². The molecule has 0 aromatic heterocycles. The summed E-state index contributed by atoms with van der Waals surface area (Å²) in [4.78, 5) is 77.6. The zero-order valence-corrected chi connectivity index (χ0v) is 27.7. The summed E-state index contributed by atoms with van der Waals surface area (Å²) in [5, 5.41) is 22.1. The smallest absolute Gasteiger partial charge is 0.318 e. The third kappa shape index (κ3) is 12.5. The lowest BCUT2D eigenvalue weighted by atomic mass is 10.00. The van der Waals surface area contributed by atoms with E-state index in [4.69, 9.17) is 0 Å². The van der Waals surface area contributed by atoms with Crippen LogP contribution >= 0.6 is 33.3 Å². The molecule has 1 saturated heterocycles. The normalized spacial score (nSPS) is 26.8. The molecule has 0 aromatic carbocycles. The van der Waals surface area contributed by atoms with Gasteiger partial charge >= 0.3 is 5.97 Å². The summed E-state index contributed by atoms with van der Waals surface area (Å²) >= 11 is 1.01. The van der Waals surface area contributed by atoms with Crippen molar-refractivity contribution < 1.29 is 33.9 Å². The van der Waals surface area contributed by atoms with Gasteiger partial charge in [-0.05, 0) is 32.1 Å². The zero-order valence-electron chi connectivity index (χ0n) is 25.3. The quantitative estimate of drug-likeness (QED) is 0.129. The maximum Gasteiger partial charge on any atom is 0.318 e. The molecule has 0 saturated carbocycles. The van der Waals surface area contributed by atoms with Crippen molar-refractivity contribution in [3.05, 3.63) is 11.8 Å². The van der Waals surface area contributed by atoms with Gasteiger partial charge in [0.1, 0.15) is 29.1 Å². The number of amides is 5. The molecule has 1 aliphatic rings. The van der Waals surface area contributed by atoms with Gasteiger partial charge < -0.3 is 31.7 Å². The predicted molar refractivity (Wildman–Crippen MR) is 169 cm³/mol. The lowest BCUT2D eigenvalue weighted by Gasteiger charge is -2.29. The van der Waals surface area contributed by atoms with Crippen LogP contribution in [-0.2, 0) is 28.8 Å². The second-order valence-electron chi connectivity index (χ2n) is 10.5. The molecule has 0 spiro atoms. The van der Waals surface area contributed by atoms with Crippen LogP contribution in [-0.4, -0.2) is 87.3 Å². The maximum absolute atomic E-state index is 13.4. The lowest BCUT2D eigenvalue weighted by Crippen LogP contribution is -2.58. The third-order valence-electron chi connectivity index (χ3n) is 6.26. The molecule has 238 valence electrons. The summed E-state index contributed by atoms with van der Waals surface area (Å²) in [6.45, 7) is 12.1. The minimum atomic E-state index is -1.16. The van der Waals surface area contributed by atoms with E-state index >= 15 is 0 Å². The molecular weight excluding hydrogens is 603 g/mol. The van der Waals surface area contributed by atoms with Gasteiger partial charge in [0.2, 0.25) is 23.6 Å². The Bertz CT molecular complexity index is 1010. The first-order valence-electron chi connectivity index (χ1n) is 14.0. The third-order valence-corrected chi connectivity index (χ3v) is 10.2. The lowest BCUT2D eigenvalue weighted by molar-refractivity contribution is -0.137. The molecule has 1 aliphatic heterocycles. The Morgan fingerprint density at radius 1 is 0.976 bits per heavy atom. The van der Waals surface area contributed by atoms with E-state index in [0.29, 0.717) is 0 Å². The predicted octanol–water partition coefficient (Wildman–Crippen LogP) is 1.66. The van der Waals surface area contributed by atoms with Crippen LogP contribution in [0.2, 0.25) is 0 Å². The zero-order chi connectivity index (χ0) is 32.0. The first-order valence-corrected chi connectivity index (χ1v) is 17.5. The molecule has 5 amide bonds. The van der Waals surface area contributed by atoms with Crippen molar-refractivity contribution in [1.82, 2.24) is 26.6 Å². The van der Waals surface area contributed by atoms with Gasteiger partial charge in [0, 0.05) is 23.7 Å². The van der Waals surface area contributed by atoms with Crippen LogP contribution in [0.15, 0.2) is 11.8 Å². The van der Waals surface area contributed by atoms with Crippen molar-refractivity contribution >= 4 is 68.9 Å².